The molecule has 0 saturated carbocycles. The Morgan fingerprint density at radius 1 is 0.682 bits per heavy atom. The summed E-state index contributed by atoms with van der Waals surface area (Å²) in [7, 11) is 0. The molecule has 2 aromatic rings. The first-order valence-corrected chi connectivity index (χ1v) is 7.51. The van der Waals surface area contributed by atoms with Crippen molar-refractivity contribution < 1.29 is 20.4 Å². The smallest absolute Gasteiger partial charge is 0.122 e. The lowest BCUT2D eigenvalue weighted by atomic mass is 9.77. The zero-order chi connectivity index (χ0) is 16.3. The minimum absolute atomic E-state index is 0.000966. The molecular weight excluding hydrogens is 280 g/mol. The number of hydrogen-bond donors (Lipinski definition) is 4. The second-order valence-corrected chi connectivity index (χ2v) is 5.52. The molecule has 0 aliphatic carbocycles. The summed E-state index contributed by atoms with van der Waals surface area (Å²) in [6.45, 7) is 4.05. The molecule has 2 atom stereocenters. The van der Waals surface area contributed by atoms with E-state index in [0.717, 1.165) is 24.0 Å². The first-order chi connectivity index (χ1) is 10.5. The molecule has 2 unspecified atom stereocenters. The normalized spacial score (nSPS) is 13.7. The zero-order valence-corrected chi connectivity index (χ0v) is 12.8. The van der Waals surface area contributed by atoms with Crippen LogP contribution in [0.25, 0.3) is 0 Å². The largest absolute Gasteiger partial charge is 0.508 e. The molecule has 4 nitrogen and oxygen atoms in total. The quantitative estimate of drug-likeness (QED) is 0.667. The fourth-order valence-electron chi connectivity index (χ4n) is 3.13. The van der Waals surface area contributed by atoms with E-state index in [1.165, 1.54) is 12.1 Å². The van der Waals surface area contributed by atoms with E-state index in [1.807, 2.05) is 13.8 Å². The van der Waals surface area contributed by atoms with Gasteiger partial charge in [0.1, 0.15) is 23.0 Å². The van der Waals surface area contributed by atoms with Crippen LogP contribution in [0.5, 0.6) is 23.0 Å². The molecule has 0 bridgehead atoms. The van der Waals surface area contributed by atoms with Crippen molar-refractivity contribution in [1.82, 2.24) is 0 Å². The molecule has 0 spiro atoms. The molecule has 0 radical (unpaired) electrons. The molecule has 0 saturated heterocycles. The number of phenols is 4. The second-order valence-electron chi connectivity index (χ2n) is 5.52. The van der Waals surface area contributed by atoms with Crippen LogP contribution >= 0.6 is 0 Å². The van der Waals surface area contributed by atoms with Crippen molar-refractivity contribution in [3.8, 4) is 23.0 Å². The predicted octanol–water partition coefficient (Wildman–Crippen LogP) is 4.20. The van der Waals surface area contributed by atoms with Gasteiger partial charge in [-0.25, -0.2) is 0 Å². The summed E-state index contributed by atoms with van der Waals surface area (Å²) < 4.78 is 0. The van der Waals surface area contributed by atoms with E-state index in [1.54, 1.807) is 24.3 Å². The van der Waals surface area contributed by atoms with Crippen molar-refractivity contribution in [3.63, 3.8) is 0 Å². The van der Waals surface area contributed by atoms with Crippen molar-refractivity contribution in [3.05, 3.63) is 47.5 Å². The third-order valence-corrected chi connectivity index (χ3v) is 4.19. The van der Waals surface area contributed by atoms with Gasteiger partial charge in [-0.3, -0.25) is 0 Å². The summed E-state index contributed by atoms with van der Waals surface area (Å²) in [5, 5.41) is 39.2. The molecule has 2 aromatic carbocycles. The maximum Gasteiger partial charge on any atom is 0.122 e. The van der Waals surface area contributed by atoms with Gasteiger partial charge in [0.05, 0.1) is 0 Å². The Hall–Kier alpha value is -2.36. The molecular formula is C18H22O4. The summed E-state index contributed by atoms with van der Waals surface area (Å²) >= 11 is 0. The average Bonchev–Trinajstić information content (AvgIpc) is 2.47. The number of rotatable bonds is 5. The van der Waals surface area contributed by atoms with Gasteiger partial charge >= 0.3 is 0 Å². The molecule has 0 aliphatic heterocycles. The lowest BCUT2D eigenvalue weighted by Gasteiger charge is -2.27. The fraction of sp³-hybridized carbons (Fsp3) is 0.333. The van der Waals surface area contributed by atoms with Crippen LogP contribution < -0.4 is 0 Å². The fourth-order valence-corrected chi connectivity index (χ4v) is 3.13. The van der Waals surface area contributed by atoms with Crippen molar-refractivity contribution in [2.45, 2.75) is 38.5 Å². The summed E-state index contributed by atoms with van der Waals surface area (Å²) in [4.78, 5) is 0. The Labute approximate surface area is 130 Å². The van der Waals surface area contributed by atoms with Gasteiger partial charge < -0.3 is 20.4 Å². The van der Waals surface area contributed by atoms with E-state index in [4.69, 9.17) is 0 Å². The van der Waals surface area contributed by atoms with Crippen molar-refractivity contribution >= 4 is 0 Å². The molecule has 0 aliphatic rings. The highest BCUT2D eigenvalue weighted by Crippen LogP contribution is 2.44. The van der Waals surface area contributed by atoms with Gasteiger partial charge in [0, 0.05) is 12.1 Å². The molecule has 22 heavy (non-hydrogen) atoms. The standard InChI is InChI=1S/C18H22O4/c1-3-13(15-7-5-11(19)9-17(15)21)14(4-2)16-8-6-12(20)10-18(16)22/h5-10,13-14,19-22H,3-4H2,1-2H3. The molecule has 4 heteroatoms. The Balaban J connectivity index is 2.46. The third-order valence-electron chi connectivity index (χ3n) is 4.19. The molecule has 4 N–H and O–H groups in total. The van der Waals surface area contributed by atoms with Crippen LogP contribution in [0.1, 0.15) is 49.7 Å². The van der Waals surface area contributed by atoms with Gasteiger partial charge in [0.2, 0.25) is 0 Å². The SMILES string of the molecule is CCC(c1ccc(O)cc1O)C(CC)c1ccc(O)cc1O. The van der Waals surface area contributed by atoms with E-state index in [-0.39, 0.29) is 34.8 Å². The van der Waals surface area contributed by atoms with Crippen molar-refractivity contribution in [2.24, 2.45) is 0 Å². The van der Waals surface area contributed by atoms with E-state index in [2.05, 4.69) is 0 Å². The van der Waals surface area contributed by atoms with Crippen molar-refractivity contribution in [2.75, 3.05) is 0 Å². The van der Waals surface area contributed by atoms with Gasteiger partial charge in [0.15, 0.2) is 0 Å². The number of benzene rings is 2. The molecule has 118 valence electrons. The van der Waals surface area contributed by atoms with E-state index < -0.39 is 0 Å². The number of aromatic hydroxyl groups is 4. The summed E-state index contributed by atoms with van der Waals surface area (Å²) in [6.07, 6.45) is 1.55. The van der Waals surface area contributed by atoms with Crippen LogP contribution in [0.3, 0.4) is 0 Å². The molecule has 0 aromatic heterocycles. The predicted molar refractivity (Wildman–Crippen MR) is 85.6 cm³/mol. The number of hydrogen-bond acceptors (Lipinski definition) is 4. The minimum Gasteiger partial charge on any atom is -0.508 e. The van der Waals surface area contributed by atoms with Gasteiger partial charge in [-0.05, 0) is 47.9 Å². The number of phenolic OH excluding ortho intramolecular Hbond substituents is 4. The maximum atomic E-state index is 10.1. The van der Waals surface area contributed by atoms with Crippen molar-refractivity contribution in [1.29, 1.82) is 0 Å². The first-order valence-electron chi connectivity index (χ1n) is 7.51. The zero-order valence-electron chi connectivity index (χ0n) is 12.8. The molecule has 2 rings (SSSR count). The van der Waals surface area contributed by atoms with E-state index in [0.29, 0.717) is 0 Å². The Morgan fingerprint density at radius 2 is 1.05 bits per heavy atom. The van der Waals surface area contributed by atoms with E-state index >= 15 is 0 Å². The molecule has 0 heterocycles. The van der Waals surface area contributed by atoms with Gasteiger partial charge in [-0.2, -0.15) is 0 Å². The van der Waals surface area contributed by atoms with E-state index in [9.17, 15) is 20.4 Å². The third kappa shape index (κ3) is 3.11. The van der Waals surface area contributed by atoms with Crippen LogP contribution in [0, 0.1) is 0 Å². The average molecular weight is 302 g/mol. The molecule has 0 amide bonds. The topological polar surface area (TPSA) is 80.9 Å². The second kappa shape index (κ2) is 6.60. The highest BCUT2D eigenvalue weighted by molar-refractivity contribution is 5.46. The van der Waals surface area contributed by atoms with Crippen LogP contribution in [0.2, 0.25) is 0 Å². The maximum absolute atomic E-state index is 10.1. The van der Waals surface area contributed by atoms with Gasteiger partial charge in [-0.15, -0.1) is 0 Å². The Morgan fingerprint density at radius 3 is 1.32 bits per heavy atom. The monoisotopic (exact) mass is 302 g/mol. The minimum atomic E-state index is 0.000966. The highest BCUT2D eigenvalue weighted by Gasteiger charge is 2.26. The summed E-state index contributed by atoms with van der Waals surface area (Å²) in [5.74, 6) is 0.169. The van der Waals surface area contributed by atoms with Crippen LogP contribution in [-0.4, -0.2) is 20.4 Å². The molecule has 0 fully saturated rings. The lowest BCUT2D eigenvalue weighted by molar-refractivity contribution is 0.412. The van der Waals surface area contributed by atoms with Gasteiger partial charge in [-0.1, -0.05) is 26.0 Å². The lowest BCUT2D eigenvalue weighted by Crippen LogP contribution is -2.10. The first kappa shape index (κ1) is 16.0. The summed E-state index contributed by atoms with van der Waals surface area (Å²) in [5.41, 5.74) is 1.50. The van der Waals surface area contributed by atoms with Crippen LogP contribution in [0.15, 0.2) is 36.4 Å². The highest BCUT2D eigenvalue weighted by atomic mass is 16.3. The summed E-state index contributed by atoms with van der Waals surface area (Å²) in [6, 6.07) is 9.23. The van der Waals surface area contributed by atoms with Crippen LogP contribution in [-0.2, 0) is 0 Å². The van der Waals surface area contributed by atoms with Gasteiger partial charge in [0.25, 0.3) is 0 Å². The Kier molecular flexibility index (Phi) is 4.81. The Bertz CT molecular complexity index is 594. The van der Waals surface area contributed by atoms with Crippen LogP contribution in [0.4, 0.5) is 0 Å².